The van der Waals surface area contributed by atoms with Crippen molar-refractivity contribution in [2.45, 2.75) is 19.8 Å². The molecule has 26 heavy (non-hydrogen) atoms. The highest BCUT2D eigenvalue weighted by Gasteiger charge is 2.21. The van der Waals surface area contributed by atoms with Crippen LogP contribution in [-0.4, -0.2) is 14.1 Å². The first kappa shape index (κ1) is 17.0. The number of aryl methyl sites for hydroxylation is 1. The van der Waals surface area contributed by atoms with Crippen molar-refractivity contribution in [3.63, 3.8) is 0 Å². The van der Waals surface area contributed by atoms with Crippen molar-refractivity contribution in [2.24, 2.45) is 7.05 Å². The van der Waals surface area contributed by atoms with Crippen LogP contribution in [0.4, 0.5) is 0 Å². The number of halogens is 1. The molecule has 5 nitrogen and oxygen atoms in total. The molecule has 0 spiro atoms. The van der Waals surface area contributed by atoms with Gasteiger partial charge in [-0.1, -0.05) is 43.6 Å². The van der Waals surface area contributed by atoms with Gasteiger partial charge in [0.25, 0.3) is 5.56 Å². The van der Waals surface area contributed by atoms with Crippen LogP contribution in [0.5, 0.6) is 0 Å². The van der Waals surface area contributed by atoms with Crippen molar-refractivity contribution in [3.05, 3.63) is 67.1 Å². The lowest BCUT2D eigenvalue weighted by molar-refractivity contribution is 0.716. The van der Waals surface area contributed by atoms with E-state index in [1.54, 1.807) is 17.7 Å². The summed E-state index contributed by atoms with van der Waals surface area (Å²) in [6.07, 6.45) is 0. The molecule has 0 bridgehead atoms. The van der Waals surface area contributed by atoms with E-state index in [1.807, 2.05) is 44.2 Å². The molecule has 0 N–H and O–H groups in total. The van der Waals surface area contributed by atoms with Crippen molar-refractivity contribution in [1.29, 1.82) is 0 Å². The maximum absolute atomic E-state index is 13.4. The van der Waals surface area contributed by atoms with Gasteiger partial charge in [-0.25, -0.2) is 4.98 Å². The van der Waals surface area contributed by atoms with Gasteiger partial charge >= 0.3 is 0 Å². The number of pyridine rings is 1. The highest BCUT2D eigenvalue weighted by atomic mass is 35.5. The molecule has 0 fully saturated rings. The Morgan fingerprint density at radius 2 is 1.85 bits per heavy atom. The molecular weight excluding hydrogens is 370 g/mol. The van der Waals surface area contributed by atoms with E-state index in [-0.39, 0.29) is 22.3 Å². The Hall–Kier alpha value is -2.44. The number of benzene rings is 1. The minimum Gasteiger partial charge on any atom is -0.327 e. The van der Waals surface area contributed by atoms with Crippen molar-refractivity contribution >= 4 is 44.2 Å². The molecule has 3 heterocycles. The standard InChI is InChI=1S/C19H16ClN3O2S/c1-10(2)17-21-18-14(19(25)23(17)11-7-5-4-6-8-11)15(24)16-12(22(18)3)9-13(20)26-16/h4-10H,1-3H3. The lowest BCUT2D eigenvalue weighted by atomic mass is 10.1. The molecule has 7 heteroatoms. The topological polar surface area (TPSA) is 56.9 Å². The molecule has 0 radical (unpaired) electrons. The van der Waals surface area contributed by atoms with E-state index in [1.165, 1.54) is 15.9 Å². The number of thiophene rings is 1. The van der Waals surface area contributed by atoms with Crippen LogP contribution in [0.3, 0.4) is 0 Å². The third-order valence-electron chi connectivity index (χ3n) is 4.42. The van der Waals surface area contributed by atoms with Gasteiger partial charge in [0.1, 0.15) is 15.9 Å². The quantitative estimate of drug-likeness (QED) is 0.522. The fourth-order valence-electron chi connectivity index (χ4n) is 3.17. The molecule has 4 rings (SSSR count). The number of rotatable bonds is 2. The molecule has 132 valence electrons. The largest absolute Gasteiger partial charge is 0.327 e. The van der Waals surface area contributed by atoms with Crippen LogP contribution >= 0.6 is 22.9 Å². The van der Waals surface area contributed by atoms with E-state index in [9.17, 15) is 9.59 Å². The fraction of sp³-hybridized carbons (Fsp3) is 0.211. The molecule has 0 atom stereocenters. The van der Waals surface area contributed by atoms with Crippen LogP contribution in [0.2, 0.25) is 4.34 Å². The summed E-state index contributed by atoms with van der Waals surface area (Å²) in [5.41, 5.74) is 1.11. The predicted molar refractivity (Wildman–Crippen MR) is 107 cm³/mol. The number of fused-ring (bicyclic) bond motifs is 2. The third kappa shape index (κ3) is 2.40. The van der Waals surface area contributed by atoms with E-state index in [0.717, 1.165) is 0 Å². The van der Waals surface area contributed by atoms with E-state index in [2.05, 4.69) is 0 Å². The molecule has 0 amide bonds. The molecule has 0 aliphatic heterocycles. The van der Waals surface area contributed by atoms with Gasteiger partial charge in [-0.15, -0.1) is 11.3 Å². The molecule has 3 aromatic heterocycles. The second-order valence-electron chi connectivity index (χ2n) is 6.45. The first-order valence-electron chi connectivity index (χ1n) is 8.20. The van der Waals surface area contributed by atoms with Gasteiger partial charge in [0, 0.05) is 13.0 Å². The molecule has 0 aliphatic carbocycles. The summed E-state index contributed by atoms with van der Waals surface area (Å²) in [5, 5.41) is 0.0896. The summed E-state index contributed by atoms with van der Waals surface area (Å²) in [6.45, 7) is 3.95. The van der Waals surface area contributed by atoms with Crippen LogP contribution in [0.25, 0.3) is 26.9 Å². The average molecular weight is 386 g/mol. The van der Waals surface area contributed by atoms with Crippen LogP contribution < -0.4 is 11.0 Å². The summed E-state index contributed by atoms with van der Waals surface area (Å²) in [6, 6.07) is 11.0. The Morgan fingerprint density at radius 1 is 1.15 bits per heavy atom. The zero-order valence-electron chi connectivity index (χ0n) is 14.5. The molecule has 0 saturated carbocycles. The van der Waals surface area contributed by atoms with Crippen molar-refractivity contribution in [1.82, 2.24) is 14.1 Å². The second-order valence-corrected chi connectivity index (χ2v) is 8.14. The SMILES string of the molecule is CC(C)c1nc2c(c(=O)c3sc(Cl)cc3n2C)c(=O)n1-c1ccccc1. The summed E-state index contributed by atoms with van der Waals surface area (Å²) in [4.78, 5) is 31.1. The highest BCUT2D eigenvalue weighted by molar-refractivity contribution is 7.22. The van der Waals surface area contributed by atoms with Gasteiger partial charge in [-0.2, -0.15) is 0 Å². The van der Waals surface area contributed by atoms with Gasteiger partial charge in [0.05, 0.1) is 15.5 Å². The van der Waals surface area contributed by atoms with Gasteiger partial charge in [-0.05, 0) is 18.2 Å². The zero-order valence-corrected chi connectivity index (χ0v) is 16.1. The summed E-state index contributed by atoms with van der Waals surface area (Å²) in [5.74, 6) is 0.619. The second kappa shape index (κ2) is 6.07. The molecule has 0 unspecified atom stereocenters. The lowest BCUT2D eigenvalue weighted by Crippen LogP contribution is -2.29. The normalized spacial score (nSPS) is 11.7. The third-order valence-corrected chi connectivity index (χ3v) is 5.67. The fourth-order valence-corrected chi connectivity index (χ4v) is 4.37. The first-order valence-corrected chi connectivity index (χ1v) is 9.39. The number of nitrogens with zero attached hydrogens (tertiary/aromatic N) is 3. The molecule has 4 aromatic rings. The van der Waals surface area contributed by atoms with Crippen molar-refractivity contribution in [2.75, 3.05) is 0 Å². The molecule has 0 saturated heterocycles. The van der Waals surface area contributed by atoms with Crippen molar-refractivity contribution < 1.29 is 0 Å². The van der Waals surface area contributed by atoms with Gasteiger partial charge in [-0.3, -0.25) is 14.2 Å². The maximum Gasteiger partial charge on any atom is 0.271 e. The minimum atomic E-state index is -0.350. The lowest BCUT2D eigenvalue weighted by Gasteiger charge is -2.17. The predicted octanol–water partition coefficient (Wildman–Crippen LogP) is 4.08. The van der Waals surface area contributed by atoms with E-state index < -0.39 is 0 Å². The minimum absolute atomic E-state index is 0.00386. The van der Waals surface area contributed by atoms with E-state index >= 15 is 0 Å². The van der Waals surface area contributed by atoms with Crippen LogP contribution in [0.1, 0.15) is 25.6 Å². The van der Waals surface area contributed by atoms with E-state index in [0.29, 0.717) is 31.7 Å². The van der Waals surface area contributed by atoms with Crippen LogP contribution in [0, 0.1) is 0 Å². The van der Waals surface area contributed by atoms with Crippen molar-refractivity contribution in [3.8, 4) is 5.69 Å². The summed E-state index contributed by atoms with van der Waals surface area (Å²) >= 11 is 7.29. The average Bonchev–Trinajstić information content (AvgIpc) is 3.02. The summed E-state index contributed by atoms with van der Waals surface area (Å²) < 4.78 is 4.29. The monoisotopic (exact) mass is 385 g/mol. The Labute approximate surface area is 158 Å². The molecule has 0 aliphatic rings. The number of aromatic nitrogens is 3. The van der Waals surface area contributed by atoms with Gasteiger partial charge in [0.15, 0.2) is 5.65 Å². The molecular formula is C19H16ClN3O2S. The molecule has 1 aromatic carbocycles. The number of hydrogen-bond donors (Lipinski definition) is 0. The maximum atomic E-state index is 13.4. The summed E-state index contributed by atoms with van der Waals surface area (Å²) in [7, 11) is 1.80. The Morgan fingerprint density at radius 3 is 2.50 bits per heavy atom. The first-order chi connectivity index (χ1) is 12.4. The van der Waals surface area contributed by atoms with Crippen LogP contribution in [-0.2, 0) is 7.05 Å². The van der Waals surface area contributed by atoms with E-state index in [4.69, 9.17) is 16.6 Å². The van der Waals surface area contributed by atoms with Crippen LogP contribution in [0.15, 0.2) is 46.0 Å². The van der Waals surface area contributed by atoms with Gasteiger partial charge in [0.2, 0.25) is 5.43 Å². The zero-order chi connectivity index (χ0) is 18.6. The van der Waals surface area contributed by atoms with Gasteiger partial charge < -0.3 is 4.57 Å². The number of para-hydroxylation sites is 1. The smallest absolute Gasteiger partial charge is 0.271 e. The Kier molecular flexibility index (Phi) is 3.97. The number of hydrogen-bond acceptors (Lipinski definition) is 4. The Bertz CT molecular complexity index is 1270. The highest BCUT2D eigenvalue weighted by Crippen LogP contribution is 2.28. The Balaban J connectivity index is 2.27.